The Kier molecular flexibility index (Phi) is 9.48. The summed E-state index contributed by atoms with van der Waals surface area (Å²) in [7, 11) is 0. The predicted octanol–water partition coefficient (Wildman–Crippen LogP) is 0.832. The molecular formula is C6H11OSn. The van der Waals surface area contributed by atoms with Gasteiger partial charge in [0.05, 0.1) is 0 Å². The summed E-state index contributed by atoms with van der Waals surface area (Å²) < 4.78 is 5.96. The largest absolute Gasteiger partial charge is 0.412 e. The van der Waals surface area contributed by atoms with Crippen LogP contribution in [0.1, 0.15) is 0 Å². The molecule has 2 N–H and O–H groups in total. The van der Waals surface area contributed by atoms with Crippen molar-refractivity contribution in [3.63, 3.8) is 0 Å². The minimum Gasteiger partial charge on any atom is -0.412 e. The quantitative estimate of drug-likeness (QED) is 0.628. The molecule has 0 aromatic rings. The summed E-state index contributed by atoms with van der Waals surface area (Å²) in [4.78, 5) is 0. The van der Waals surface area contributed by atoms with Crippen LogP contribution in [-0.4, -0.2) is 25.2 Å². The zero-order valence-corrected chi connectivity index (χ0v) is 7.71. The normalized spacial score (nSPS) is 7.12. The minimum absolute atomic E-state index is 0. The molecule has 0 amide bonds. The zero-order valence-electron chi connectivity index (χ0n) is 4.85. The molecule has 8 heavy (non-hydrogen) atoms. The van der Waals surface area contributed by atoms with E-state index in [1.807, 2.05) is 12.3 Å². The van der Waals surface area contributed by atoms with Gasteiger partial charge in [-0.25, -0.2) is 0 Å². The van der Waals surface area contributed by atoms with Crippen molar-refractivity contribution in [1.82, 2.24) is 0 Å². The van der Waals surface area contributed by atoms with Crippen molar-refractivity contribution in [2.75, 3.05) is 0 Å². The van der Waals surface area contributed by atoms with Gasteiger partial charge in [-0.2, -0.15) is 0 Å². The summed E-state index contributed by atoms with van der Waals surface area (Å²) in [5.41, 5.74) is 0. The topological polar surface area (TPSA) is 31.5 Å². The summed E-state index contributed by atoms with van der Waals surface area (Å²) in [6.07, 6.45) is 0. The second-order valence-corrected chi connectivity index (χ2v) is 7.46. The smallest absolute Gasteiger partial charge is 0.412 e. The fraction of sp³-hybridized carbons (Fsp3) is 0. The van der Waals surface area contributed by atoms with Gasteiger partial charge in [0.25, 0.3) is 0 Å². The molecule has 0 aromatic heterocycles. The van der Waals surface area contributed by atoms with Crippen LogP contribution < -0.4 is 0 Å². The van der Waals surface area contributed by atoms with E-state index in [4.69, 9.17) is 0 Å². The minimum atomic E-state index is -1.36. The van der Waals surface area contributed by atoms with Gasteiger partial charge in [0, 0.05) is 0 Å². The molecule has 0 atom stereocenters. The fourth-order valence-electron chi connectivity index (χ4n) is 0.250. The van der Waals surface area contributed by atoms with Crippen molar-refractivity contribution in [3.8, 4) is 0 Å². The van der Waals surface area contributed by atoms with Gasteiger partial charge in [-0.15, -0.1) is 0 Å². The summed E-state index contributed by atoms with van der Waals surface area (Å²) >= 11 is -1.36. The Bertz CT molecular complexity index is 69.5. The van der Waals surface area contributed by atoms with Gasteiger partial charge in [-0.1, -0.05) is 0 Å². The average molecular weight is 218 g/mol. The first kappa shape index (κ1) is 10.9. The van der Waals surface area contributed by atoms with E-state index in [1.54, 1.807) is 0 Å². The van der Waals surface area contributed by atoms with Crippen LogP contribution in [0.5, 0.6) is 0 Å². The standard InChI is InChI=1S/3C2H3.H2O.Sn/c3*1-2;;/h3*1H,2H2;1H2;. The van der Waals surface area contributed by atoms with Gasteiger partial charge >= 0.3 is 51.8 Å². The molecular weight excluding hydrogens is 207 g/mol. The summed E-state index contributed by atoms with van der Waals surface area (Å²) in [5.74, 6) is 0. The van der Waals surface area contributed by atoms with E-state index in [0.29, 0.717) is 0 Å². The third-order valence-corrected chi connectivity index (χ3v) is 4.74. The predicted molar refractivity (Wildman–Crippen MR) is 40.0 cm³/mol. The van der Waals surface area contributed by atoms with Crippen LogP contribution in [0.3, 0.4) is 0 Å². The number of hydrogen-bond acceptors (Lipinski definition) is 0. The van der Waals surface area contributed by atoms with Gasteiger partial charge in [0.1, 0.15) is 0 Å². The van der Waals surface area contributed by atoms with Crippen LogP contribution in [0.15, 0.2) is 32.0 Å². The van der Waals surface area contributed by atoms with Crippen LogP contribution in [-0.2, 0) is 0 Å². The molecule has 0 bridgehead atoms. The molecule has 1 radical (unpaired) electrons. The molecule has 0 saturated carbocycles. The molecule has 0 unspecified atom stereocenters. The van der Waals surface area contributed by atoms with Crippen LogP contribution in [0, 0.1) is 0 Å². The Labute approximate surface area is 57.5 Å². The van der Waals surface area contributed by atoms with Crippen LogP contribution in [0.2, 0.25) is 0 Å². The monoisotopic (exact) mass is 219 g/mol. The van der Waals surface area contributed by atoms with Gasteiger partial charge in [0.2, 0.25) is 0 Å². The molecule has 45 valence electrons. The number of rotatable bonds is 3. The first-order valence-corrected chi connectivity index (χ1v) is 7.03. The summed E-state index contributed by atoms with van der Waals surface area (Å²) in [5, 5.41) is 0. The molecule has 0 fully saturated rings. The van der Waals surface area contributed by atoms with Crippen LogP contribution >= 0.6 is 0 Å². The van der Waals surface area contributed by atoms with E-state index in [1.165, 1.54) is 0 Å². The van der Waals surface area contributed by atoms with E-state index < -0.39 is 19.8 Å². The van der Waals surface area contributed by atoms with Crippen molar-refractivity contribution in [2.24, 2.45) is 0 Å². The molecule has 0 saturated heterocycles. The van der Waals surface area contributed by atoms with Crippen molar-refractivity contribution < 1.29 is 5.48 Å². The second kappa shape index (κ2) is 6.98. The maximum absolute atomic E-state index is 3.65. The third kappa shape index (κ3) is 4.15. The molecule has 0 rings (SSSR count). The Hall–Kier alpha value is -0.0213. The van der Waals surface area contributed by atoms with Gasteiger partial charge < -0.3 is 5.48 Å². The Morgan fingerprint density at radius 3 is 1.12 bits per heavy atom. The molecule has 0 aliphatic carbocycles. The summed E-state index contributed by atoms with van der Waals surface area (Å²) in [6.45, 7) is 10.9. The third-order valence-electron chi connectivity index (χ3n) is 0.707. The maximum atomic E-state index is 3.65. The van der Waals surface area contributed by atoms with E-state index in [-0.39, 0.29) is 5.48 Å². The van der Waals surface area contributed by atoms with Crippen molar-refractivity contribution >= 4 is 19.8 Å². The van der Waals surface area contributed by atoms with Crippen LogP contribution in [0.4, 0.5) is 0 Å². The van der Waals surface area contributed by atoms with Gasteiger partial charge in [0.15, 0.2) is 0 Å². The molecule has 0 aliphatic rings. The molecule has 0 spiro atoms. The molecule has 0 heterocycles. The van der Waals surface area contributed by atoms with E-state index in [0.717, 1.165) is 0 Å². The average Bonchev–Trinajstić information content (AvgIpc) is 1.72. The van der Waals surface area contributed by atoms with Crippen LogP contribution in [0.25, 0.3) is 0 Å². The molecule has 2 heteroatoms. The Morgan fingerprint density at radius 2 is 1.12 bits per heavy atom. The van der Waals surface area contributed by atoms with Crippen molar-refractivity contribution in [1.29, 1.82) is 0 Å². The Balaban J connectivity index is 0. The second-order valence-electron chi connectivity index (χ2n) is 1.11. The SMILES string of the molecule is C=[CH][Sn]([CH]=C)[CH]=C.O. The first-order valence-electron chi connectivity index (χ1n) is 2.09. The number of hydrogen-bond donors (Lipinski definition) is 0. The van der Waals surface area contributed by atoms with Gasteiger partial charge in [-0.05, 0) is 0 Å². The maximum Gasteiger partial charge on any atom is -0.412 e. The van der Waals surface area contributed by atoms with E-state index >= 15 is 0 Å². The molecule has 0 aromatic carbocycles. The van der Waals surface area contributed by atoms with E-state index in [9.17, 15) is 0 Å². The van der Waals surface area contributed by atoms with E-state index in [2.05, 4.69) is 19.7 Å². The summed E-state index contributed by atoms with van der Waals surface area (Å²) in [6, 6.07) is 0. The zero-order chi connectivity index (χ0) is 5.70. The Morgan fingerprint density at radius 1 is 0.875 bits per heavy atom. The first-order chi connectivity index (χ1) is 3.35. The molecule has 1 nitrogen and oxygen atoms in total. The fourth-order valence-corrected chi connectivity index (χ4v) is 1.68. The van der Waals surface area contributed by atoms with Crippen molar-refractivity contribution in [3.05, 3.63) is 32.0 Å². The molecule has 0 aliphatic heterocycles. The van der Waals surface area contributed by atoms with Gasteiger partial charge in [-0.3, -0.25) is 0 Å². The van der Waals surface area contributed by atoms with Crippen molar-refractivity contribution in [2.45, 2.75) is 0 Å².